The second-order valence-corrected chi connectivity index (χ2v) is 6.22. The Morgan fingerprint density at radius 3 is 2.62 bits per heavy atom. The van der Waals surface area contributed by atoms with Gasteiger partial charge in [-0.05, 0) is 31.9 Å². The zero-order valence-electron chi connectivity index (χ0n) is 15.0. The molecule has 128 valence electrons. The van der Waals surface area contributed by atoms with Crippen molar-refractivity contribution in [1.82, 2.24) is 19.7 Å². The lowest BCUT2D eigenvalue weighted by atomic mass is 10.1. The van der Waals surface area contributed by atoms with Gasteiger partial charge in [-0.2, -0.15) is 5.10 Å². The molecule has 0 saturated carbocycles. The van der Waals surface area contributed by atoms with Crippen molar-refractivity contribution >= 4 is 5.91 Å². The van der Waals surface area contributed by atoms with Crippen molar-refractivity contribution in [2.45, 2.75) is 40.8 Å². The van der Waals surface area contributed by atoms with Crippen LogP contribution in [0.4, 0.5) is 0 Å². The molecule has 5 nitrogen and oxygen atoms in total. The monoisotopic (exact) mass is 326 g/mol. The molecule has 0 fully saturated rings. The summed E-state index contributed by atoms with van der Waals surface area (Å²) in [5.41, 5.74) is 2.35. The molecule has 1 aromatic carbocycles. The van der Waals surface area contributed by atoms with Crippen LogP contribution >= 0.6 is 0 Å². The number of carbonyl (C=O) groups excluding carboxylic acids is 1. The maximum Gasteiger partial charge on any atom is 0.227 e. The van der Waals surface area contributed by atoms with Gasteiger partial charge in [-0.25, -0.2) is 9.67 Å². The molecular weight excluding hydrogens is 300 g/mol. The quantitative estimate of drug-likeness (QED) is 0.735. The minimum Gasteiger partial charge on any atom is -0.334 e. The summed E-state index contributed by atoms with van der Waals surface area (Å²) in [6.45, 7) is 13.2. The van der Waals surface area contributed by atoms with Gasteiger partial charge >= 0.3 is 0 Å². The first-order valence-corrected chi connectivity index (χ1v) is 8.24. The predicted molar refractivity (Wildman–Crippen MR) is 95.5 cm³/mol. The average Bonchev–Trinajstić information content (AvgIpc) is 2.85. The van der Waals surface area contributed by atoms with Gasteiger partial charge in [0.1, 0.15) is 11.6 Å². The Morgan fingerprint density at radius 2 is 2.04 bits per heavy atom. The molecule has 0 unspecified atom stereocenters. The maximum atomic E-state index is 12.9. The van der Waals surface area contributed by atoms with Crippen molar-refractivity contribution in [2.24, 2.45) is 5.92 Å². The molecule has 0 radical (unpaired) electrons. The highest BCUT2D eigenvalue weighted by Gasteiger charge is 2.22. The van der Waals surface area contributed by atoms with E-state index >= 15 is 0 Å². The highest BCUT2D eigenvalue weighted by atomic mass is 16.2. The van der Waals surface area contributed by atoms with Crippen LogP contribution in [-0.4, -0.2) is 32.1 Å². The molecule has 0 N–H and O–H groups in total. The molecule has 1 amide bonds. The minimum atomic E-state index is -0.172. The third kappa shape index (κ3) is 4.31. The predicted octanol–water partition coefficient (Wildman–Crippen LogP) is 3.05. The standard InChI is InChI=1S/C19H26N4O/c1-6-11-22(13-18-10-8-7-9-14(18)2)19(24)15(3)12-23-17(5)20-16(4)21-23/h6-10,15H,1,11-13H2,2-5H3/t15-/m0/s1. The van der Waals surface area contributed by atoms with E-state index in [-0.39, 0.29) is 11.8 Å². The molecule has 0 spiro atoms. The minimum absolute atomic E-state index is 0.103. The first kappa shape index (κ1) is 17.9. The van der Waals surface area contributed by atoms with Crippen molar-refractivity contribution in [3.8, 4) is 0 Å². The maximum absolute atomic E-state index is 12.9. The number of aromatic nitrogens is 3. The summed E-state index contributed by atoms with van der Waals surface area (Å²) >= 11 is 0. The first-order valence-electron chi connectivity index (χ1n) is 8.24. The van der Waals surface area contributed by atoms with E-state index in [2.05, 4.69) is 35.7 Å². The molecule has 2 aromatic rings. The van der Waals surface area contributed by atoms with Crippen LogP contribution < -0.4 is 0 Å². The van der Waals surface area contributed by atoms with Crippen molar-refractivity contribution < 1.29 is 4.79 Å². The number of aryl methyl sites for hydroxylation is 3. The molecule has 5 heteroatoms. The molecule has 0 aliphatic carbocycles. The van der Waals surface area contributed by atoms with Gasteiger partial charge in [-0.1, -0.05) is 37.3 Å². The van der Waals surface area contributed by atoms with Gasteiger partial charge < -0.3 is 4.90 Å². The lowest BCUT2D eigenvalue weighted by Gasteiger charge is -2.25. The Morgan fingerprint density at radius 1 is 1.33 bits per heavy atom. The van der Waals surface area contributed by atoms with Gasteiger partial charge in [0.05, 0.1) is 12.5 Å². The smallest absolute Gasteiger partial charge is 0.227 e. The van der Waals surface area contributed by atoms with E-state index in [0.717, 1.165) is 17.2 Å². The lowest BCUT2D eigenvalue weighted by Crippen LogP contribution is -2.36. The van der Waals surface area contributed by atoms with Crippen LogP contribution in [0.2, 0.25) is 0 Å². The third-order valence-corrected chi connectivity index (χ3v) is 4.11. The Balaban J connectivity index is 2.11. The molecule has 1 aromatic heterocycles. The van der Waals surface area contributed by atoms with Crippen molar-refractivity contribution in [3.63, 3.8) is 0 Å². The molecule has 0 aliphatic heterocycles. The Bertz CT molecular complexity index is 720. The van der Waals surface area contributed by atoms with Gasteiger partial charge in [0, 0.05) is 13.1 Å². The van der Waals surface area contributed by atoms with Gasteiger partial charge in [0.2, 0.25) is 5.91 Å². The van der Waals surface area contributed by atoms with Gasteiger partial charge in [0.25, 0.3) is 0 Å². The number of nitrogens with zero attached hydrogens (tertiary/aromatic N) is 4. The van der Waals surface area contributed by atoms with Crippen molar-refractivity contribution in [3.05, 3.63) is 59.7 Å². The fraction of sp³-hybridized carbons (Fsp3) is 0.421. The van der Waals surface area contributed by atoms with Crippen molar-refractivity contribution in [2.75, 3.05) is 6.54 Å². The van der Waals surface area contributed by atoms with Crippen LogP contribution in [0.5, 0.6) is 0 Å². The molecule has 24 heavy (non-hydrogen) atoms. The molecule has 0 aliphatic rings. The summed E-state index contributed by atoms with van der Waals surface area (Å²) in [4.78, 5) is 19.0. The number of hydrogen-bond donors (Lipinski definition) is 0. The van der Waals surface area contributed by atoms with E-state index in [0.29, 0.717) is 19.6 Å². The zero-order valence-corrected chi connectivity index (χ0v) is 15.0. The summed E-state index contributed by atoms with van der Waals surface area (Å²) in [6.07, 6.45) is 1.77. The fourth-order valence-electron chi connectivity index (χ4n) is 2.76. The van der Waals surface area contributed by atoms with E-state index < -0.39 is 0 Å². The van der Waals surface area contributed by atoms with Gasteiger partial charge in [-0.15, -0.1) is 6.58 Å². The summed E-state index contributed by atoms with van der Waals surface area (Å²) < 4.78 is 1.80. The first-order chi connectivity index (χ1) is 11.4. The van der Waals surface area contributed by atoms with Crippen molar-refractivity contribution in [1.29, 1.82) is 0 Å². The molecule has 1 heterocycles. The SMILES string of the molecule is C=CCN(Cc1ccccc1C)C(=O)[C@@H](C)Cn1nc(C)nc1C. The van der Waals surface area contributed by atoms with Crippen LogP contribution in [0.15, 0.2) is 36.9 Å². The van der Waals surface area contributed by atoms with E-state index in [4.69, 9.17) is 0 Å². The molecular formula is C19H26N4O. The summed E-state index contributed by atoms with van der Waals surface area (Å²) in [7, 11) is 0. The van der Waals surface area contributed by atoms with E-state index in [9.17, 15) is 4.79 Å². The molecule has 0 saturated heterocycles. The number of benzene rings is 1. The van der Waals surface area contributed by atoms with Crippen LogP contribution in [0.3, 0.4) is 0 Å². The van der Waals surface area contributed by atoms with E-state index in [1.165, 1.54) is 5.56 Å². The Kier molecular flexibility index (Phi) is 5.90. The van der Waals surface area contributed by atoms with Crippen LogP contribution in [-0.2, 0) is 17.9 Å². The summed E-state index contributed by atoms with van der Waals surface area (Å²) in [5, 5.41) is 4.35. The largest absolute Gasteiger partial charge is 0.334 e. The molecule has 2 rings (SSSR count). The van der Waals surface area contributed by atoms with Crippen LogP contribution in [0.25, 0.3) is 0 Å². The number of hydrogen-bond acceptors (Lipinski definition) is 3. The lowest BCUT2D eigenvalue weighted by molar-refractivity contribution is -0.135. The normalized spacial score (nSPS) is 12.0. The second-order valence-electron chi connectivity index (χ2n) is 6.22. The van der Waals surface area contributed by atoms with Crippen LogP contribution in [0.1, 0.15) is 29.7 Å². The Hall–Kier alpha value is -2.43. The third-order valence-electron chi connectivity index (χ3n) is 4.11. The number of rotatable bonds is 7. The topological polar surface area (TPSA) is 51.0 Å². The highest BCUT2D eigenvalue weighted by Crippen LogP contribution is 2.14. The van der Waals surface area contributed by atoms with E-state index in [1.54, 1.807) is 10.8 Å². The Labute approximate surface area is 144 Å². The molecule has 1 atom stereocenters. The number of amides is 1. The second kappa shape index (κ2) is 7.90. The summed E-state index contributed by atoms with van der Waals surface area (Å²) in [6, 6.07) is 8.14. The van der Waals surface area contributed by atoms with E-state index in [1.807, 2.05) is 37.8 Å². The van der Waals surface area contributed by atoms with Gasteiger partial charge in [-0.3, -0.25) is 4.79 Å². The van der Waals surface area contributed by atoms with Crippen LogP contribution in [0, 0.1) is 26.7 Å². The zero-order chi connectivity index (χ0) is 17.7. The average molecular weight is 326 g/mol. The van der Waals surface area contributed by atoms with Gasteiger partial charge in [0.15, 0.2) is 0 Å². The highest BCUT2D eigenvalue weighted by molar-refractivity contribution is 5.78. The summed E-state index contributed by atoms with van der Waals surface area (Å²) in [5.74, 6) is 1.50. The fourth-order valence-corrected chi connectivity index (χ4v) is 2.76. The molecule has 0 bridgehead atoms. The number of carbonyl (C=O) groups is 1.